The van der Waals surface area contributed by atoms with Crippen LogP contribution in [0.5, 0.6) is 0 Å². The van der Waals surface area contributed by atoms with Crippen LogP contribution in [-0.2, 0) is 9.47 Å². The number of ether oxygens (including phenoxy) is 2. The predicted molar refractivity (Wildman–Crippen MR) is 91.3 cm³/mol. The average molecular weight is 361 g/mol. The standard InChI is InChI=1S/C17H22Cl2O4/c1-2-3-4-5-6-11-22-16(20)13-7-9-14(10-8-13)17(21)23-12-15(18)19/h7-10,15H,2-6,11-12H2,1H3. The molecule has 0 atom stereocenters. The van der Waals surface area contributed by atoms with Gasteiger partial charge in [-0.3, -0.25) is 0 Å². The number of alkyl halides is 2. The van der Waals surface area contributed by atoms with Gasteiger partial charge in [0.15, 0.2) is 0 Å². The summed E-state index contributed by atoms with van der Waals surface area (Å²) in [4.78, 5) is 22.8. The van der Waals surface area contributed by atoms with Crippen molar-refractivity contribution in [1.82, 2.24) is 0 Å². The minimum Gasteiger partial charge on any atom is -0.462 e. The molecule has 0 saturated heterocycles. The molecule has 0 aliphatic carbocycles. The lowest BCUT2D eigenvalue weighted by molar-refractivity contribution is 0.0490. The van der Waals surface area contributed by atoms with Gasteiger partial charge in [0.2, 0.25) is 0 Å². The van der Waals surface area contributed by atoms with E-state index in [4.69, 9.17) is 32.7 Å². The summed E-state index contributed by atoms with van der Waals surface area (Å²) in [6.07, 6.45) is 5.49. The van der Waals surface area contributed by atoms with Gasteiger partial charge in [-0.25, -0.2) is 9.59 Å². The Labute approximate surface area is 147 Å². The fourth-order valence-electron chi connectivity index (χ4n) is 1.92. The van der Waals surface area contributed by atoms with Crippen molar-refractivity contribution in [2.75, 3.05) is 13.2 Å². The first-order chi connectivity index (χ1) is 11.0. The molecule has 0 aromatic heterocycles. The number of unbranched alkanes of at least 4 members (excludes halogenated alkanes) is 4. The first-order valence-electron chi connectivity index (χ1n) is 7.77. The summed E-state index contributed by atoms with van der Waals surface area (Å²) < 4.78 is 10.1. The van der Waals surface area contributed by atoms with Gasteiger partial charge in [0, 0.05) is 0 Å². The van der Waals surface area contributed by atoms with E-state index in [9.17, 15) is 9.59 Å². The van der Waals surface area contributed by atoms with Crippen molar-refractivity contribution in [3.63, 3.8) is 0 Å². The van der Waals surface area contributed by atoms with Crippen LogP contribution in [0.1, 0.15) is 59.7 Å². The van der Waals surface area contributed by atoms with E-state index in [0.717, 1.165) is 19.3 Å². The molecule has 23 heavy (non-hydrogen) atoms. The fourth-order valence-corrected chi connectivity index (χ4v) is 2.04. The molecule has 0 bridgehead atoms. The molecule has 0 amide bonds. The molecule has 0 unspecified atom stereocenters. The zero-order valence-electron chi connectivity index (χ0n) is 13.2. The molecule has 4 nitrogen and oxygen atoms in total. The summed E-state index contributed by atoms with van der Waals surface area (Å²) in [5, 5.41) is 0. The molecule has 1 aromatic carbocycles. The summed E-state index contributed by atoms with van der Waals surface area (Å²) in [6, 6.07) is 6.10. The Morgan fingerprint density at radius 1 is 0.913 bits per heavy atom. The van der Waals surface area contributed by atoms with Crippen LogP contribution in [0.15, 0.2) is 24.3 Å². The molecule has 6 heteroatoms. The van der Waals surface area contributed by atoms with Crippen molar-refractivity contribution in [1.29, 1.82) is 0 Å². The Balaban J connectivity index is 2.37. The van der Waals surface area contributed by atoms with E-state index < -0.39 is 10.8 Å². The van der Waals surface area contributed by atoms with Gasteiger partial charge < -0.3 is 9.47 Å². The molecule has 0 aliphatic heterocycles. The van der Waals surface area contributed by atoms with Gasteiger partial charge >= 0.3 is 11.9 Å². The zero-order chi connectivity index (χ0) is 17.1. The quantitative estimate of drug-likeness (QED) is 0.342. The number of hydrogen-bond donors (Lipinski definition) is 0. The Morgan fingerprint density at radius 2 is 1.43 bits per heavy atom. The number of halogens is 2. The molecule has 1 aromatic rings. The normalized spacial score (nSPS) is 10.6. The summed E-state index contributed by atoms with van der Waals surface area (Å²) in [5.74, 6) is -0.922. The molecule has 0 radical (unpaired) electrons. The second-order valence-electron chi connectivity index (χ2n) is 5.12. The molecule has 1 rings (SSSR count). The van der Waals surface area contributed by atoms with Crippen molar-refractivity contribution < 1.29 is 19.1 Å². The Morgan fingerprint density at radius 3 is 1.96 bits per heavy atom. The van der Waals surface area contributed by atoms with Crippen molar-refractivity contribution in [2.24, 2.45) is 0 Å². The Bertz CT molecular complexity index is 486. The van der Waals surface area contributed by atoms with E-state index in [0.29, 0.717) is 17.7 Å². The number of rotatable bonds is 10. The van der Waals surface area contributed by atoms with E-state index in [1.54, 1.807) is 0 Å². The van der Waals surface area contributed by atoms with Crippen LogP contribution in [0.3, 0.4) is 0 Å². The topological polar surface area (TPSA) is 52.6 Å². The van der Waals surface area contributed by atoms with Crippen molar-refractivity contribution >= 4 is 35.1 Å². The van der Waals surface area contributed by atoms with Crippen LogP contribution in [-0.4, -0.2) is 30.0 Å². The summed E-state index contributed by atoms with van der Waals surface area (Å²) >= 11 is 11.0. The number of carbonyl (C=O) groups excluding carboxylic acids is 2. The molecular weight excluding hydrogens is 339 g/mol. The maximum Gasteiger partial charge on any atom is 0.338 e. The molecule has 0 fully saturated rings. The van der Waals surface area contributed by atoms with Crippen LogP contribution in [0.4, 0.5) is 0 Å². The first-order valence-corrected chi connectivity index (χ1v) is 8.64. The highest BCUT2D eigenvalue weighted by Crippen LogP contribution is 2.10. The van der Waals surface area contributed by atoms with E-state index >= 15 is 0 Å². The summed E-state index contributed by atoms with van der Waals surface area (Å²) in [7, 11) is 0. The van der Waals surface area contributed by atoms with E-state index in [1.807, 2.05) is 0 Å². The minimum absolute atomic E-state index is 0.0796. The third-order valence-corrected chi connectivity index (χ3v) is 3.43. The molecule has 0 N–H and O–H groups in total. The van der Waals surface area contributed by atoms with Crippen molar-refractivity contribution in [2.45, 2.75) is 43.9 Å². The SMILES string of the molecule is CCCCCCCOC(=O)c1ccc(C(=O)OCC(Cl)Cl)cc1. The predicted octanol–water partition coefficient (Wildman–Crippen LogP) is 4.77. The maximum atomic E-state index is 11.9. The van der Waals surface area contributed by atoms with Gasteiger partial charge in [-0.05, 0) is 30.7 Å². The molecule has 0 saturated carbocycles. The van der Waals surface area contributed by atoms with Gasteiger partial charge in [-0.15, -0.1) is 23.2 Å². The highest BCUT2D eigenvalue weighted by molar-refractivity contribution is 6.44. The average Bonchev–Trinajstić information content (AvgIpc) is 2.55. The second kappa shape index (κ2) is 11.3. The van der Waals surface area contributed by atoms with Crippen molar-refractivity contribution in [3.05, 3.63) is 35.4 Å². The Kier molecular flexibility index (Phi) is 9.72. The molecule has 0 spiro atoms. The van der Waals surface area contributed by atoms with E-state index in [2.05, 4.69) is 6.92 Å². The second-order valence-corrected chi connectivity index (χ2v) is 6.39. The highest BCUT2D eigenvalue weighted by Gasteiger charge is 2.12. The van der Waals surface area contributed by atoms with Crippen LogP contribution < -0.4 is 0 Å². The highest BCUT2D eigenvalue weighted by atomic mass is 35.5. The largest absolute Gasteiger partial charge is 0.462 e. The van der Waals surface area contributed by atoms with Crippen LogP contribution in [0.2, 0.25) is 0 Å². The number of hydrogen-bond acceptors (Lipinski definition) is 4. The van der Waals surface area contributed by atoms with Crippen LogP contribution in [0, 0.1) is 0 Å². The number of esters is 2. The van der Waals surface area contributed by atoms with Crippen LogP contribution in [0.25, 0.3) is 0 Å². The maximum absolute atomic E-state index is 11.9. The lowest BCUT2D eigenvalue weighted by atomic mass is 10.1. The Hall–Kier alpha value is -1.26. The third-order valence-electron chi connectivity index (χ3n) is 3.18. The smallest absolute Gasteiger partial charge is 0.338 e. The lowest BCUT2D eigenvalue weighted by Crippen LogP contribution is -2.11. The van der Waals surface area contributed by atoms with Crippen LogP contribution >= 0.6 is 23.2 Å². The molecule has 128 valence electrons. The molecule has 0 aliphatic rings. The van der Waals surface area contributed by atoms with Gasteiger partial charge in [0.1, 0.15) is 11.4 Å². The van der Waals surface area contributed by atoms with Gasteiger partial charge in [0.05, 0.1) is 17.7 Å². The summed E-state index contributed by atoms with van der Waals surface area (Å²) in [5.41, 5.74) is 0.734. The van der Waals surface area contributed by atoms with Gasteiger partial charge in [-0.2, -0.15) is 0 Å². The lowest BCUT2D eigenvalue weighted by Gasteiger charge is -2.07. The van der Waals surface area contributed by atoms with E-state index in [-0.39, 0.29) is 12.6 Å². The third kappa shape index (κ3) is 8.24. The zero-order valence-corrected chi connectivity index (χ0v) is 14.7. The van der Waals surface area contributed by atoms with Gasteiger partial charge in [-0.1, -0.05) is 32.6 Å². The molecular formula is C17H22Cl2O4. The number of benzene rings is 1. The monoisotopic (exact) mass is 360 g/mol. The fraction of sp³-hybridized carbons (Fsp3) is 0.529. The van der Waals surface area contributed by atoms with Crippen molar-refractivity contribution in [3.8, 4) is 0 Å². The summed E-state index contributed by atoms with van der Waals surface area (Å²) in [6.45, 7) is 2.49. The minimum atomic E-state index is -0.759. The van der Waals surface area contributed by atoms with Gasteiger partial charge in [0.25, 0.3) is 0 Å². The molecule has 0 heterocycles. The van der Waals surface area contributed by atoms with E-state index in [1.165, 1.54) is 37.1 Å². The number of carbonyl (C=O) groups is 2. The first kappa shape index (κ1) is 19.8.